The molecule has 4 bridgehead atoms. The molecule has 1 N–H and O–H groups in total. The highest BCUT2D eigenvalue weighted by Gasteiger charge is 2.74. The first-order chi connectivity index (χ1) is 14.0. The van der Waals surface area contributed by atoms with Gasteiger partial charge in [0.2, 0.25) is 5.91 Å². The van der Waals surface area contributed by atoms with Crippen LogP contribution in [-0.2, 0) is 9.53 Å². The number of hydrogen-bond acceptors (Lipinski definition) is 4. The second-order valence-corrected chi connectivity index (χ2v) is 12.1. The van der Waals surface area contributed by atoms with Gasteiger partial charge in [0.15, 0.2) is 0 Å². The standard InChI is InChI=1S/C25H39N3O2/c1-14-19-10-24(12-22(14,4)16(3)25(13-24,30-7)15(19)2)20(27-6)21(29)28-18(11-26)8-17-9-23(17,28)5/h14-20,27H,8-10,12-13H2,1-7H3/t14?,15?,16?,17-,18+,19?,20-,22?,23+,24?,25?/m1/s1. The number of carbonyl (C=O) groups excluding carboxylic acids is 1. The first-order valence-corrected chi connectivity index (χ1v) is 12.0. The molecule has 5 nitrogen and oxygen atoms in total. The molecule has 1 aliphatic heterocycles. The molecule has 7 unspecified atom stereocenters. The predicted octanol–water partition coefficient (Wildman–Crippen LogP) is 3.59. The summed E-state index contributed by atoms with van der Waals surface area (Å²) in [6.07, 6.45) is 4.99. The van der Waals surface area contributed by atoms with Gasteiger partial charge in [0.1, 0.15) is 6.04 Å². The molecule has 11 atom stereocenters. The van der Waals surface area contributed by atoms with E-state index < -0.39 is 0 Å². The molecule has 166 valence electrons. The number of nitriles is 1. The number of rotatable bonds is 4. The second-order valence-electron chi connectivity index (χ2n) is 12.1. The van der Waals surface area contributed by atoms with Gasteiger partial charge in [-0.15, -0.1) is 0 Å². The van der Waals surface area contributed by atoms with Crippen LogP contribution in [-0.4, -0.2) is 48.2 Å². The number of carbonyl (C=O) groups is 1. The zero-order valence-corrected chi connectivity index (χ0v) is 19.8. The maximum absolute atomic E-state index is 14.1. The lowest BCUT2D eigenvalue weighted by molar-refractivity contribution is -0.298. The van der Waals surface area contributed by atoms with Gasteiger partial charge in [-0.2, -0.15) is 5.26 Å². The predicted molar refractivity (Wildman–Crippen MR) is 115 cm³/mol. The van der Waals surface area contributed by atoms with Gasteiger partial charge >= 0.3 is 0 Å². The number of nitrogens with zero attached hydrogens (tertiary/aromatic N) is 2. The van der Waals surface area contributed by atoms with Gasteiger partial charge in [-0.25, -0.2) is 0 Å². The van der Waals surface area contributed by atoms with E-state index >= 15 is 0 Å². The normalized spacial score (nSPS) is 56.5. The van der Waals surface area contributed by atoms with Crippen molar-refractivity contribution in [2.75, 3.05) is 14.2 Å². The third kappa shape index (κ3) is 2.13. The van der Waals surface area contributed by atoms with E-state index in [1.165, 1.54) is 0 Å². The SMILES string of the molecule is CN[C@H](C(=O)N1[C@H](C#N)C[C@@H]2C[C@@]21C)C12CC3C(C)C(C)(C1)C(C)C(OC)(C2)C3C. The van der Waals surface area contributed by atoms with Gasteiger partial charge in [0, 0.05) is 12.6 Å². The molecule has 5 saturated carbocycles. The van der Waals surface area contributed by atoms with Gasteiger partial charge < -0.3 is 15.0 Å². The van der Waals surface area contributed by atoms with Crippen LogP contribution in [0.2, 0.25) is 0 Å². The topological polar surface area (TPSA) is 65.4 Å². The highest BCUT2D eigenvalue weighted by atomic mass is 16.5. The molecule has 30 heavy (non-hydrogen) atoms. The maximum Gasteiger partial charge on any atom is 0.241 e. The van der Waals surface area contributed by atoms with E-state index in [1.54, 1.807) is 0 Å². The van der Waals surface area contributed by atoms with E-state index in [1.807, 2.05) is 19.1 Å². The quantitative estimate of drug-likeness (QED) is 0.765. The Morgan fingerprint density at radius 3 is 2.50 bits per heavy atom. The van der Waals surface area contributed by atoms with Crippen LogP contribution >= 0.6 is 0 Å². The molecule has 5 aliphatic carbocycles. The lowest BCUT2D eigenvalue weighted by atomic mass is 9.33. The van der Waals surface area contributed by atoms with Gasteiger partial charge in [0.25, 0.3) is 0 Å². The fraction of sp³-hybridized carbons (Fsp3) is 0.920. The van der Waals surface area contributed by atoms with Crippen LogP contribution in [0.5, 0.6) is 0 Å². The third-order valence-electron chi connectivity index (χ3n) is 11.5. The van der Waals surface area contributed by atoms with E-state index in [4.69, 9.17) is 4.74 Å². The van der Waals surface area contributed by atoms with Gasteiger partial charge in [0.05, 0.1) is 17.7 Å². The first-order valence-electron chi connectivity index (χ1n) is 12.0. The van der Waals surface area contributed by atoms with Crippen LogP contribution in [0.25, 0.3) is 0 Å². The van der Waals surface area contributed by atoms with Crippen molar-refractivity contribution in [2.45, 2.75) is 89.9 Å². The maximum atomic E-state index is 14.1. The average molecular weight is 414 g/mol. The molecule has 6 rings (SSSR count). The minimum atomic E-state index is -0.269. The van der Waals surface area contributed by atoms with Crippen molar-refractivity contribution < 1.29 is 9.53 Å². The molecule has 5 heteroatoms. The minimum absolute atomic E-state index is 0.101. The summed E-state index contributed by atoms with van der Waals surface area (Å²) in [6.45, 7) is 11.8. The van der Waals surface area contributed by atoms with E-state index in [0.29, 0.717) is 29.6 Å². The molecule has 0 aromatic heterocycles. The molecule has 6 fully saturated rings. The van der Waals surface area contributed by atoms with Crippen molar-refractivity contribution in [1.82, 2.24) is 10.2 Å². The fourth-order valence-electron chi connectivity index (χ4n) is 9.50. The zero-order chi connectivity index (χ0) is 21.9. The monoisotopic (exact) mass is 413 g/mol. The zero-order valence-electron chi connectivity index (χ0n) is 19.8. The summed E-state index contributed by atoms with van der Waals surface area (Å²) in [4.78, 5) is 16.1. The van der Waals surface area contributed by atoms with Gasteiger partial charge in [-0.3, -0.25) is 4.79 Å². The molecular weight excluding hydrogens is 374 g/mol. The van der Waals surface area contributed by atoms with Crippen molar-refractivity contribution in [3.8, 4) is 6.07 Å². The number of nitrogens with one attached hydrogen (secondary N) is 1. The van der Waals surface area contributed by atoms with E-state index in [9.17, 15) is 10.1 Å². The Labute approximate surface area is 181 Å². The molecule has 1 heterocycles. The number of ether oxygens (including phenoxy) is 1. The van der Waals surface area contributed by atoms with Crippen molar-refractivity contribution >= 4 is 5.91 Å². The van der Waals surface area contributed by atoms with Crippen LogP contribution < -0.4 is 5.32 Å². The van der Waals surface area contributed by atoms with Crippen LogP contribution in [0.3, 0.4) is 0 Å². The highest BCUT2D eigenvalue weighted by Crippen LogP contribution is 2.74. The number of piperidine rings is 1. The third-order valence-corrected chi connectivity index (χ3v) is 11.5. The lowest BCUT2D eigenvalue weighted by Crippen LogP contribution is -2.75. The lowest BCUT2D eigenvalue weighted by Gasteiger charge is -2.74. The summed E-state index contributed by atoms with van der Waals surface area (Å²) >= 11 is 0. The number of likely N-dealkylation sites (N-methyl/N-ethyl adjacent to an activating group) is 1. The molecule has 0 radical (unpaired) electrons. The number of methoxy groups -OCH3 is 1. The molecule has 0 aromatic carbocycles. The average Bonchev–Trinajstić information content (AvgIpc) is 3.27. The van der Waals surface area contributed by atoms with E-state index in [0.717, 1.165) is 32.1 Å². The van der Waals surface area contributed by atoms with E-state index in [-0.39, 0.29) is 40.0 Å². The molecule has 0 spiro atoms. The highest BCUT2D eigenvalue weighted by molar-refractivity contribution is 5.85. The molecule has 0 aromatic rings. The first kappa shape index (κ1) is 20.8. The second kappa shape index (κ2) is 6.01. The Morgan fingerprint density at radius 1 is 1.20 bits per heavy atom. The Kier molecular flexibility index (Phi) is 4.16. The van der Waals surface area contributed by atoms with E-state index in [2.05, 4.69) is 46.0 Å². The smallest absolute Gasteiger partial charge is 0.241 e. The number of fused-ring (bicyclic) bond motifs is 1. The largest absolute Gasteiger partial charge is 0.378 e. The summed E-state index contributed by atoms with van der Waals surface area (Å²) in [5.41, 5.74) is -0.198. The van der Waals surface area contributed by atoms with Crippen LogP contribution in [0.15, 0.2) is 0 Å². The Morgan fingerprint density at radius 2 is 1.90 bits per heavy atom. The summed E-state index contributed by atoms with van der Waals surface area (Å²) in [5, 5.41) is 13.3. The number of likely N-dealkylation sites (tertiary alicyclic amines) is 1. The van der Waals surface area contributed by atoms with Crippen molar-refractivity contribution in [1.29, 1.82) is 5.26 Å². The van der Waals surface area contributed by atoms with Crippen molar-refractivity contribution in [3.05, 3.63) is 0 Å². The van der Waals surface area contributed by atoms with Gasteiger partial charge in [-0.05, 0) is 86.5 Å². The summed E-state index contributed by atoms with van der Waals surface area (Å²) < 4.78 is 6.40. The molecule has 1 amide bonds. The Bertz CT molecular complexity index is 824. The van der Waals surface area contributed by atoms with Gasteiger partial charge in [-0.1, -0.05) is 27.7 Å². The van der Waals surface area contributed by atoms with Crippen molar-refractivity contribution in [2.24, 2.45) is 40.4 Å². The summed E-state index contributed by atoms with van der Waals surface area (Å²) in [5.74, 6) is 2.86. The Hall–Kier alpha value is -1.12. The number of hydrogen-bond donors (Lipinski definition) is 1. The fourth-order valence-corrected chi connectivity index (χ4v) is 9.50. The number of amides is 1. The summed E-state index contributed by atoms with van der Waals surface area (Å²) in [7, 11) is 3.84. The molecular formula is C25H39N3O2. The Balaban J connectivity index is 1.56. The van der Waals surface area contributed by atoms with Crippen LogP contribution in [0, 0.1) is 51.8 Å². The van der Waals surface area contributed by atoms with Crippen molar-refractivity contribution in [3.63, 3.8) is 0 Å². The van der Waals surface area contributed by atoms with Crippen LogP contribution in [0.4, 0.5) is 0 Å². The molecule has 1 saturated heterocycles. The van der Waals surface area contributed by atoms with Crippen LogP contribution in [0.1, 0.15) is 66.7 Å². The molecule has 6 aliphatic rings. The summed E-state index contributed by atoms with van der Waals surface area (Å²) in [6, 6.07) is 1.92. The minimum Gasteiger partial charge on any atom is -0.378 e.